The number of thiophene rings is 1. The van der Waals surface area contributed by atoms with E-state index in [9.17, 15) is 19.2 Å². The van der Waals surface area contributed by atoms with Crippen LogP contribution in [0.1, 0.15) is 51.4 Å². The molecule has 0 bridgehead atoms. The third kappa shape index (κ3) is 7.30. The molecular formula is C30H33N3O7S. The lowest BCUT2D eigenvalue weighted by atomic mass is 10.0. The Morgan fingerprint density at radius 1 is 1.02 bits per heavy atom. The van der Waals surface area contributed by atoms with Gasteiger partial charge in [-0.1, -0.05) is 12.1 Å². The molecule has 0 unspecified atom stereocenters. The number of ketones is 1. The number of carbonyl (C=O) groups excluding carboxylic acids is 4. The first-order valence-corrected chi connectivity index (χ1v) is 14.1. The number of benzene rings is 2. The molecule has 2 atom stereocenters. The Morgan fingerprint density at radius 2 is 1.78 bits per heavy atom. The quantitative estimate of drug-likeness (QED) is 0.313. The van der Waals surface area contributed by atoms with E-state index in [4.69, 9.17) is 14.2 Å². The van der Waals surface area contributed by atoms with E-state index in [1.165, 1.54) is 37.4 Å². The first-order valence-electron chi connectivity index (χ1n) is 13.2. The zero-order valence-electron chi connectivity index (χ0n) is 23.2. The molecule has 1 aromatic heterocycles. The molecule has 3 amide bonds. The summed E-state index contributed by atoms with van der Waals surface area (Å²) < 4.78 is 16.5. The number of hydrogen-bond acceptors (Lipinski definition) is 8. The standard InChI is InChI=1S/C30H33N3O7S/c1-19(34)20-8-11-22(12-9-20)33(27(35)18-32-29(36)26-7-5-15-41-26)28(30(37)31-17-23-6-4-14-40-23)21-10-13-24(38-2)25(16-21)39-3/h5,7-13,15-16,23,28H,4,6,14,17-18H2,1-3H3,(H,31,37)(H,32,36)/t23-,28-/m1/s1. The highest BCUT2D eigenvalue weighted by molar-refractivity contribution is 7.12. The van der Waals surface area contributed by atoms with Gasteiger partial charge in [0, 0.05) is 24.4 Å². The summed E-state index contributed by atoms with van der Waals surface area (Å²) >= 11 is 1.26. The summed E-state index contributed by atoms with van der Waals surface area (Å²) in [6, 6.07) is 13.7. The predicted octanol–water partition coefficient (Wildman–Crippen LogP) is 3.77. The number of rotatable bonds is 12. The minimum Gasteiger partial charge on any atom is -0.493 e. The first-order chi connectivity index (χ1) is 19.8. The maximum Gasteiger partial charge on any atom is 0.261 e. The van der Waals surface area contributed by atoms with Crippen molar-refractivity contribution < 1.29 is 33.4 Å². The highest BCUT2D eigenvalue weighted by atomic mass is 32.1. The molecule has 0 spiro atoms. The fraction of sp³-hybridized carbons (Fsp3) is 0.333. The lowest BCUT2D eigenvalue weighted by Crippen LogP contribution is -2.48. The Kier molecular flexibility index (Phi) is 10.1. The van der Waals surface area contributed by atoms with Crippen LogP contribution in [0, 0.1) is 0 Å². The number of carbonyl (C=O) groups is 4. The molecule has 0 saturated carbocycles. The largest absolute Gasteiger partial charge is 0.493 e. The highest BCUT2D eigenvalue weighted by Crippen LogP contribution is 2.34. The fourth-order valence-corrected chi connectivity index (χ4v) is 5.23. The average molecular weight is 580 g/mol. The van der Waals surface area contributed by atoms with E-state index in [0.717, 1.165) is 12.8 Å². The summed E-state index contributed by atoms with van der Waals surface area (Å²) in [5, 5.41) is 7.37. The SMILES string of the molecule is COc1ccc([C@H](C(=O)NC[C@H]2CCCO2)N(C(=O)CNC(=O)c2cccs2)c2ccc(C(C)=O)cc2)cc1OC. The van der Waals surface area contributed by atoms with Crippen LogP contribution in [0.15, 0.2) is 60.0 Å². The van der Waals surface area contributed by atoms with Crippen LogP contribution in [-0.4, -0.2) is 63.5 Å². The molecule has 3 aromatic rings. The second-order valence-corrected chi connectivity index (χ2v) is 10.4. The molecule has 0 aliphatic carbocycles. The summed E-state index contributed by atoms with van der Waals surface area (Å²) in [6.45, 7) is 2.00. The van der Waals surface area contributed by atoms with Crippen molar-refractivity contribution in [3.05, 3.63) is 76.0 Å². The molecule has 2 heterocycles. The lowest BCUT2D eigenvalue weighted by molar-refractivity contribution is -0.126. The van der Waals surface area contributed by atoms with E-state index in [-0.39, 0.29) is 25.0 Å². The van der Waals surface area contributed by atoms with Crippen LogP contribution in [0.3, 0.4) is 0 Å². The molecule has 2 aromatic carbocycles. The second-order valence-electron chi connectivity index (χ2n) is 9.42. The molecule has 2 N–H and O–H groups in total. The number of hydrogen-bond donors (Lipinski definition) is 2. The number of ether oxygens (including phenoxy) is 3. The minimum atomic E-state index is -1.15. The van der Waals surface area contributed by atoms with Gasteiger partial charge >= 0.3 is 0 Å². The maximum atomic E-state index is 13.9. The topological polar surface area (TPSA) is 123 Å². The van der Waals surface area contributed by atoms with Gasteiger partial charge in [0.05, 0.1) is 31.7 Å². The highest BCUT2D eigenvalue weighted by Gasteiger charge is 2.34. The normalized spacial score (nSPS) is 15.0. The average Bonchev–Trinajstić information content (AvgIpc) is 3.72. The Morgan fingerprint density at radius 3 is 2.39 bits per heavy atom. The van der Waals surface area contributed by atoms with Crippen LogP contribution < -0.4 is 25.0 Å². The van der Waals surface area contributed by atoms with Gasteiger partial charge in [-0.25, -0.2) is 0 Å². The van der Waals surface area contributed by atoms with Gasteiger partial charge in [-0.3, -0.25) is 24.1 Å². The van der Waals surface area contributed by atoms with Crippen molar-refractivity contribution in [3.8, 4) is 11.5 Å². The van der Waals surface area contributed by atoms with Crippen LogP contribution in [0.25, 0.3) is 0 Å². The Bertz CT molecular complexity index is 1370. The summed E-state index contributed by atoms with van der Waals surface area (Å²) in [6.07, 6.45) is 1.62. The smallest absolute Gasteiger partial charge is 0.261 e. The third-order valence-corrected chi connectivity index (χ3v) is 7.59. The van der Waals surface area contributed by atoms with Crippen molar-refractivity contribution in [2.75, 3.05) is 38.8 Å². The number of methoxy groups -OCH3 is 2. The monoisotopic (exact) mass is 579 g/mol. The van der Waals surface area contributed by atoms with E-state index < -0.39 is 23.8 Å². The molecule has 216 valence electrons. The molecule has 11 heteroatoms. The van der Waals surface area contributed by atoms with Gasteiger partial charge in [-0.15, -0.1) is 11.3 Å². The molecule has 1 aliphatic heterocycles. The van der Waals surface area contributed by atoms with Crippen LogP contribution in [0.5, 0.6) is 11.5 Å². The van der Waals surface area contributed by atoms with Gasteiger partial charge in [0.25, 0.3) is 5.91 Å². The summed E-state index contributed by atoms with van der Waals surface area (Å²) in [7, 11) is 2.99. The zero-order valence-corrected chi connectivity index (χ0v) is 24.0. The number of nitrogens with zero attached hydrogens (tertiary/aromatic N) is 1. The van der Waals surface area contributed by atoms with Crippen molar-refractivity contribution in [1.82, 2.24) is 10.6 Å². The van der Waals surface area contributed by atoms with Crippen molar-refractivity contribution in [2.45, 2.75) is 31.9 Å². The van der Waals surface area contributed by atoms with Crippen molar-refractivity contribution in [1.29, 1.82) is 0 Å². The van der Waals surface area contributed by atoms with Crippen molar-refractivity contribution >= 4 is 40.5 Å². The van der Waals surface area contributed by atoms with Gasteiger partial charge < -0.3 is 24.8 Å². The molecule has 10 nitrogen and oxygen atoms in total. The molecule has 4 rings (SSSR count). The van der Waals surface area contributed by atoms with Crippen LogP contribution in [0.2, 0.25) is 0 Å². The number of nitrogens with one attached hydrogen (secondary N) is 2. The minimum absolute atomic E-state index is 0.117. The Labute approximate surface area is 242 Å². The van der Waals surface area contributed by atoms with E-state index >= 15 is 0 Å². The van der Waals surface area contributed by atoms with Gasteiger partial charge in [-0.2, -0.15) is 0 Å². The Hall–Kier alpha value is -4.22. The molecule has 1 saturated heterocycles. The van der Waals surface area contributed by atoms with Gasteiger partial charge in [-0.05, 0) is 73.2 Å². The van der Waals surface area contributed by atoms with Gasteiger partial charge in [0.1, 0.15) is 6.04 Å². The van der Waals surface area contributed by atoms with Crippen molar-refractivity contribution in [3.63, 3.8) is 0 Å². The van der Waals surface area contributed by atoms with Crippen LogP contribution in [0.4, 0.5) is 5.69 Å². The van der Waals surface area contributed by atoms with E-state index in [2.05, 4.69) is 10.6 Å². The second kappa shape index (κ2) is 13.9. The van der Waals surface area contributed by atoms with Gasteiger partial charge in [0.15, 0.2) is 17.3 Å². The third-order valence-electron chi connectivity index (χ3n) is 6.72. The molecular weight excluding hydrogens is 546 g/mol. The van der Waals surface area contributed by atoms with Crippen LogP contribution in [-0.2, 0) is 14.3 Å². The summed E-state index contributed by atoms with van der Waals surface area (Å²) in [5.74, 6) is -0.665. The van der Waals surface area contributed by atoms with Crippen LogP contribution >= 0.6 is 11.3 Å². The number of anilines is 1. The molecule has 0 radical (unpaired) electrons. The molecule has 1 aliphatic rings. The molecule has 1 fully saturated rings. The molecule has 41 heavy (non-hydrogen) atoms. The summed E-state index contributed by atoms with van der Waals surface area (Å²) in [4.78, 5) is 54.1. The Balaban J connectivity index is 1.73. The number of amides is 3. The predicted molar refractivity (Wildman–Crippen MR) is 155 cm³/mol. The van der Waals surface area contributed by atoms with E-state index in [1.807, 2.05) is 0 Å². The zero-order chi connectivity index (χ0) is 29.4. The fourth-order valence-electron chi connectivity index (χ4n) is 4.59. The van der Waals surface area contributed by atoms with E-state index in [1.54, 1.807) is 60.0 Å². The number of Topliss-reactive ketones (excluding diaryl/α,β-unsaturated/α-hetero) is 1. The summed E-state index contributed by atoms with van der Waals surface area (Å²) in [5.41, 5.74) is 1.29. The van der Waals surface area contributed by atoms with Crippen molar-refractivity contribution in [2.24, 2.45) is 0 Å². The lowest BCUT2D eigenvalue weighted by Gasteiger charge is -2.32. The van der Waals surface area contributed by atoms with Gasteiger partial charge in [0.2, 0.25) is 11.8 Å². The maximum absolute atomic E-state index is 13.9. The van der Waals surface area contributed by atoms with E-state index in [0.29, 0.717) is 39.8 Å². The first kappa shape index (κ1) is 29.8.